The Morgan fingerprint density at radius 3 is 2.26 bits per heavy atom. The Balaban J connectivity index is 0.00000261. The molecule has 3 rings (SSSR count). The zero-order valence-corrected chi connectivity index (χ0v) is 16.1. The van der Waals surface area contributed by atoms with Crippen molar-refractivity contribution in [2.75, 3.05) is 14.2 Å². The number of rotatable bonds is 5. The minimum atomic E-state index is -1.05. The Hall–Kier alpha value is -2.46. The summed E-state index contributed by atoms with van der Waals surface area (Å²) in [5.41, 5.74) is 0.195. The average Bonchev–Trinajstić information content (AvgIpc) is 2.86. The van der Waals surface area contributed by atoms with Crippen LogP contribution in [0.5, 0.6) is 11.5 Å². The number of nitrogens with zero attached hydrogens (tertiary/aromatic N) is 1. The van der Waals surface area contributed by atoms with Crippen LogP contribution in [0.25, 0.3) is 0 Å². The van der Waals surface area contributed by atoms with Crippen LogP contribution in [0.1, 0.15) is 24.2 Å². The molecule has 2 fully saturated rings. The Morgan fingerprint density at radius 1 is 1.22 bits per heavy atom. The first-order valence-electron chi connectivity index (χ1n) is 7.97. The highest BCUT2D eigenvalue weighted by atomic mass is 32.2. The average molecular weight is 398 g/mol. The third kappa shape index (κ3) is 3.19. The van der Waals surface area contributed by atoms with Crippen molar-refractivity contribution in [2.24, 2.45) is 0 Å². The second-order valence-corrected chi connectivity index (χ2v) is 8.36. The van der Waals surface area contributed by atoms with Gasteiger partial charge in [0.2, 0.25) is 5.91 Å². The minimum absolute atomic E-state index is 0. The molecule has 0 spiro atoms. The van der Waals surface area contributed by atoms with Gasteiger partial charge in [0.05, 0.1) is 14.2 Å². The lowest BCUT2D eigenvalue weighted by molar-refractivity contribution is -0.159. The van der Waals surface area contributed by atoms with Gasteiger partial charge in [-0.25, -0.2) is 4.79 Å². The van der Waals surface area contributed by atoms with E-state index in [1.807, 2.05) is 0 Å². The molecule has 3 atom stereocenters. The highest BCUT2D eigenvalue weighted by molar-refractivity contribution is 8.01. The molecule has 1 aromatic carbocycles. The molecule has 148 valence electrons. The third-order valence-electron chi connectivity index (χ3n) is 4.62. The second kappa shape index (κ2) is 7.28. The van der Waals surface area contributed by atoms with Gasteiger partial charge in [-0.2, -0.15) is 0 Å². The largest absolute Gasteiger partial charge is 0.496 e. The van der Waals surface area contributed by atoms with Gasteiger partial charge in [0.25, 0.3) is 5.91 Å². The maximum atomic E-state index is 12.8. The number of thioether (sulfide) groups is 1. The standard InChI is InChI=1S/C17H20N2O6S.H2O/c1-17(2)12(16(22)23)19-14(21)11(15(19)26-17)18-13(20)10-8(24-3)6-5-7-9(10)25-4;/h5-7,11-12,15H,1-4H3,(H,18,20)(H,22,23);1H2/t11?,12?,15-;/m1./s1. The van der Waals surface area contributed by atoms with Crippen molar-refractivity contribution in [3.8, 4) is 11.5 Å². The van der Waals surface area contributed by atoms with Crippen molar-refractivity contribution in [1.29, 1.82) is 0 Å². The molecule has 0 aliphatic carbocycles. The summed E-state index contributed by atoms with van der Waals surface area (Å²) < 4.78 is 9.79. The summed E-state index contributed by atoms with van der Waals surface area (Å²) >= 11 is 1.37. The van der Waals surface area contributed by atoms with E-state index in [9.17, 15) is 19.5 Å². The molecule has 10 heteroatoms. The van der Waals surface area contributed by atoms with Crippen LogP contribution in [0.2, 0.25) is 0 Å². The Morgan fingerprint density at radius 2 is 1.78 bits per heavy atom. The Kier molecular flexibility index (Phi) is 5.62. The number of carbonyl (C=O) groups is 3. The molecular weight excluding hydrogens is 376 g/mol. The molecule has 0 bridgehead atoms. The maximum Gasteiger partial charge on any atom is 0.327 e. The van der Waals surface area contributed by atoms with Gasteiger partial charge in [-0.15, -0.1) is 11.8 Å². The third-order valence-corrected chi connectivity index (χ3v) is 6.19. The normalized spacial score (nSPS) is 25.0. The quantitative estimate of drug-likeness (QED) is 0.672. The highest BCUT2D eigenvalue weighted by Crippen LogP contribution is 2.50. The first kappa shape index (κ1) is 20.8. The molecule has 4 N–H and O–H groups in total. The zero-order valence-electron chi connectivity index (χ0n) is 15.3. The minimum Gasteiger partial charge on any atom is -0.496 e. The molecule has 2 aliphatic heterocycles. The number of ether oxygens (including phenoxy) is 2. The van der Waals surface area contributed by atoms with Crippen LogP contribution >= 0.6 is 11.8 Å². The maximum absolute atomic E-state index is 12.8. The summed E-state index contributed by atoms with van der Waals surface area (Å²) in [6.45, 7) is 3.56. The Bertz CT molecular complexity index is 760. The van der Waals surface area contributed by atoms with E-state index in [1.54, 1.807) is 32.0 Å². The number of hydrogen-bond acceptors (Lipinski definition) is 6. The van der Waals surface area contributed by atoms with Crippen LogP contribution in [0.4, 0.5) is 0 Å². The molecule has 0 saturated carbocycles. The van der Waals surface area contributed by atoms with Crippen molar-refractivity contribution >= 4 is 29.5 Å². The smallest absolute Gasteiger partial charge is 0.327 e. The van der Waals surface area contributed by atoms with Gasteiger partial charge in [0, 0.05) is 4.75 Å². The van der Waals surface area contributed by atoms with Gasteiger partial charge in [0.1, 0.15) is 34.5 Å². The summed E-state index contributed by atoms with van der Waals surface area (Å²) in [6, 6.07) is 3.24. The van der Waals surface area contributed by atoms with Crippen LogP contribution in [-0.2, 0) is 9.59 Å². The summed E-state index contributed by atoms with van der Waals surface area (Å²) in [7, 11) is 2.88. The lowest BCUT2D eigenvalue weighted by Gasteiger charge is -2.43. The monoisotopic (exact) mass is 398 g/mol. The molecular formula is C17H22N2O7S. The first-order chi connectivity index (χ1) is 12.2. The van der Waals surface area contributed by atoms with Crippen molar-refractivity contribution in [1.82, 2.24) is 10.2 Å². The second-order valence-electron chi connectivity index (χ2n) is 6.59. The number of amides is 2. The van der Waals surface area contributed by atoms with E-state index in [0.29, 0.717) is 11.5 Å². The number of carboxylic acid groups (broad SMARTS) is 1. The number of β-lactam (4-membered cyclic amide) rings is 1. The summed E-state index contributed by atoms with van der Waals surface area (Å²) in [5.74, 6) is -1.30. The van der Waals surface area contributed by atoms with Crippen LogP contribution in [0.15, 0.2) is 18.2 Å². The van der Waals surface area contributed by atoms with Crippen molar-refractivity contribution in [3.05, 3.63) is 23.8 Å². The molecule has 9 nitrogen and oxygen atoms in total. The van der Waals surface area contributed by atoms with Gasteiger partial charge < -0.3 is 30.3 Å². The number of aliphatic carboxylic acids is 1. The van der Waals surface area contributed by atoms with E-state index >= 15 is 0 Å². The molecule has 2 heterocycles. The number of benzene rings is 1. The molecule has 2 aliphatic rings. The SMILES string of the molecule is COc1cccc(OC)c1C(=O)NC1C(=O)N2C(C(=O)O)C(C)(C)S[C@H]12.O. The lowest BCUT2D eigenvalue weighted by Crippen LogP contribution is -2.70. The van der Waals surface area contributed by atoms with E-state index in [1.165, 1.54) is 30.9 Å². The van der Waals surface area contributed by atoms with Crippen molar-refractivity contribution < 1.29 is 34.4 Å². The Labute approximate surface area is 160 Å². The van der Waals surface area contributed by atoms with Crippen molar-refractivity contribution in [2.45, 2.75) is 36.1 Å². The van der Waals surface area contributed by atoms with Crippen LogP contribution < -0.4 is 14.8 Å². The van der Waals surface area contributed by atoms with Gasteiger partial charge in [-0.1, -0.05) is 6.07 Å². The van der Waals surface area contributed by atoms with Crippen LogP contribution in [-0.4, -0.2) is 69.7 Å². The highest BCUT2D eigenvalue weighted by Gasteiger charge is 2.64. The fourth-order valence-electron chi connectivity index (χ4n) is 3.43. The number of carbonyl (C=O) groups excluding carboxylic acids is 2. The zero-order chi connectivity index (χ0) is 19.2. The lowest BCUT2D eigenvalue weighted by atomic mass is 9.96. The molecule has 2 unspecified atom stereocenters. The predicted molar refractivity (Wildman–Crippen MR) is 98.1 cm³/mol. The number of nitrogens with one attached hydrogen (secondary N) is 1. The van der Waals surface area contributed by atoms with Gasteiger partial charge in [-0.3, -0.25) is 9.59 Å². The van der Waals surface area contributed by atoms with E-state index in [-0.39, 0.29) is 11.0 Å². The molecule has 0 radical (unpaired) electrons. The van der Waals surface area contributed by atoms with E-state index in [0.717, 1.165) is 0 Å². The predicted octanol–water partition coefficient (Wildman–Crippen LogP) is 0.124. The topological polar surface area (TPSA) is 137 Å². The summed E-state index contributed by atoms with van der Waals surface area (Å²) in [5, 5.41) is 11.7. The van der Waals surface area contributed by atoms with Crippen LogP contribution in [0.3, 0.4) is 0 Å². The van der Waals surface area contributed by atoms with E-state index in [4.69, 9.17) is 9.47 Å². The fraction of sp³-hybridized carbons (Fsp3) is 0.471. The van der Waals surface area contributed by atoms with Gasteiger partial charge in [0.15, 0.2) is 0 Å². The fourth-order valence-corrected chi connectivity index (χ4v) is 5.06. The number of fused-ring (bicyclic) bond motifs is 1. The first-order valence-corrected chi connectivity index (χ1v) is 8.85. The van der Waals surface area contributed by atoms with Gasteiger partial charge in [-0.05, 0) is 26.0 Å². The molecule has 2 saturated heterocycles. The van der Waals surface area contributed by atoms with Gasteiger partial charge >= 0.3 is 5.97 Å². The number of carboxylic acids is 1. The summed E-state index contributed by atoms with van der Waals surface area (Å²) in [4.78, 5) is 38.1. The van der Waals surface area contributed by atoms with Crippen molar-refractivity contribution in [3.63, 3.8) is 0 Å². The molecule has 2 amide bonds. The summed E-state index contributed by atoms with van der Waals surface area (Å²) in [6.07, 6.45) is 0. The molecule has 1 aromatic rings. The molecule has 0 aromatic heterocycles. The van der Waals surface area contributed by atoms with E-state index < -0.39 is 40.0 Å². The molecule has 27 heavy (non-hydrogen) atoms. The number of methoxy groups -OCH3 is 2. The van der Waals surface area contributed by atoms with Crippen LogP contribution in [0, 0.1) is 0 Å². The van der Waals surface area contributed by atoms with E-state index in [2.05, 4.69) is 5.32 Å². The number of hydrogen-bond donors (Lipinski definition) is 2.